The van der Waals surface area contributed by atoms with Crippen LogP contribution in [0.2, 0.25) is 0 Å². The topological polar surface area (TPSA) is 66.5 Å². The third-order valence-corrected chi connectivity index (χ3v) is 5.68. The van der Waals surface area contributed by atoms with Crippen LogP contribution >= 0.6 is 0 Å². The molecule has 0 aromatic carbocycles. The molecule has 0 aliphatic carbocycles. The molecule has 0 unspecified atom stereocenters. The van der Waals surface area contributed by atoms with Crippen molar-refractivity contribution in [3.8, 4) is 0 Å². The van der Waals surface area contributed by atoms with Crippen molar-refractivity contribution < 1.29 is 13.2 Å². The summed E-state index contributed by atoms with van der Waals surface area (Å²) < 4.78 is 22.7. The summed E-state index contributed by atoms with van der Waals surface area (Å²) in [4.78, 5) is 14.1. The lowest BCUT2D eigenvalue weighted by molar-refractivity contribution is -0.122. The smallest absolute Gasteiger partial charge is 0.234 e. The van der Waals surface area contributed by atoms with E-state index in [2.05, 4.69) is 10.2 Å². The van der Waals surface area contributed by atoms with E-state index < -0.39 is 9.84 Å². The van der Waals surface area contributed by atoms with Gasteiger partial charge in [0.25, 0.3) is 0 Å². The zero-order valence-electron chi connectivity index (χ0n) is 11.4. The SMILES string of the molecule is O=C(CN1CCCCCCC1)N[C@H]1CCS(=O)(=O)C1. The van der Waals surface area contributed by atoms with E-state index in [1.165, 1.54) is 19.3 Å². The van der Waals surface area contributed by atoms with Crippen molar-refractivity contribution in [3.63, 3.8) is 0 Å². The van der Waals surface area contributed by atoms with Crippen LogP contribution < -0.4 is 5.32 Å². The Balaban J connectivity index is 1.74. The minimum Gasteiger partial charge on any atom is -0.351 e. The van der Waals surface area contributed by atoms with Gasteiger partial charge in [0.05, 0.1) is 18.1 Å². The van der Waals surface area contributed by atoms with Crippen LogP contribution in [0.5, 0.6) is 0 Å². The van der Waals surface area contributed by atoms with Crippen molar-refractivity contribution in [2.45, 2.75) is 44.6 Å². The van der Waals surface area contributed by atoms with E-state index in [4.69, 9.17) is 0 Å². The van der Waals surface area contributed by atoms with E-state index in [0.717, 1.165) is 25.9 Å². The summed E-state index contributed by atoms with van der Waals surface area (Å²) in [6.07, 6.45) is 6.68. The fourth-order valence-corrected chi connectivity index (χ4v) is 4.53. The van der Waals surface area contributed by atoms with Gasteiger partial charge in [0.1, 0.15) is 0 Å². The molecule has 2 fully saturated rings. The summed E-state index contributed by atoms with van der Waals surface area (Å²) in [6.45, 7) is 2.38. The van der Waals surface area contributed by atoms with Crippen LogP contribution in [-0.2, 0) is 14.6 Å². The molecule has 2 saturated heterocycles. The largest absolute Gasteiger partial charge is 0.351 e. The highest BCUT2D eigenvalue weighted by Crippen LogP contribution is 2.12. The summed E-state index contributed by atoms with van der Waals surface area (Å²) >= 11 is 0. The maximum absolute atomic E-state index is 11.9. The van der Waals surface area contributed by atoms with E-state index in [0.29, 0.717) is 13.0 Å². The normalized spacial score (nSPS) is 28.5. The highest BCUT2D eigenvalue weighted by atomic mass is 32.2. The Kier molecular flexibility index (Phi) is 5.21. The monoisotopic (exact) mass is 288 g/mol. The molecule has 0 aromatic rings. The number of carbonyl (C=O) groups excluding carboxylic acids is 1. The summed E-state index contributed by atoms with van der Waals surface area (Å²) in [6, 6.07) is -0.174. The third-order valence-electron chi connectivity index (χ3n) is 3.91. The first kappa shape index (κ1) is 14.8. The molecule has 1 N–H and O–H groups in total. The van der Waals surface area contributed by atoms with Gasteiger partial charge in [-0.3, -0.25) is 9.69 Å². The van der Waals surface area contributed by atoms with Crippen LogP contribution in [0.25, 0.3) is 0 Å². The van der Waals surface area contributed by atoms with Gasteiger partial charge in [-0.25, -0.2) is 8.42 Å². The maximum atomic E-state index is 11.9. The molecular weight excluding hydrogens is 264 g/mol. The van der Waals surface area contributed by atoms with E-state index in [-0.39, 0.29) is 23.5 Å². The number of nitrogens with one attached hydrogen (secondary N) is 1. The van der Waals surface area contributed by atoms with Gasteiger partial charge in [-0.2, -0.15) is 0 Å². The Morgan fingerprint density at radius 2 is 1.74 bits per heavy atom. The molecule has 5 nitrogen and oxygen atoms in total. The molecule has 2 aliphatic heterocycles. The standard InChI is InChI=1S/C13H24N2O3S/c16-13(14-12-6-9-19(17,18)11-12)10-15-7-4-2-1-3-5-8-15/h12H,1-11H2,(H,14,16)/t12-/m0/s1. The lowest BCUT2D eigenvalue weighted by Crippen LogP contribution is -2.43. The number of nitrogens with zero attached hydrogens (tertiary/aromatic N) is 1. The molecule has 1 atom stereocenters. The number of sulfone groups is 1. The first-order valence-corrected chi connectivity index (χ1v) is 9.09. The molecule has 2 rings (SSSR count). The second-order valence-corrected chi connectivity index (χ2v) is 7.94. The molecule has 0 radical (unpaired) electrons. The first-order chi connectivity index (χ1) is 9.05. The Morgan fingerprint density at radius 3 is 2.32 bits per heavy atom. The minimum atomic E-state index is -2.91. The highest BCUT2D eigenvalue weighted by molar-refractivity contribution is 7.91. The number of likely N-dealkylation sites (tertiary alicyclic amines) is 1. The summed E-state index contributed by atoms with van der Waals surface area (Å²) in [5.74, 6) is 0.295. The second kappa shape index (κ2) is 6.70. The molecule has 110 valence electrons. The minimum absolute atomic E-state index is 0.0253. The number of rotatable bonds is 3. The zero-order chi connectivity index (χ0) is 13.7. The Hall–Kier alpha value is -0.620. The summed E-state index contributed by atoms with van der Waals surface area (Å²) in [5, 5.41) is 2.86. The van der Waals surface area contributed by atoms with Gasteiger partial charge in [-0.1, -0.05) is 19.3 Å². The molecule has 0 saturated carbocycles. The van der Waals surface area contributed by atoms with E-state index in [9.17, 15) is 13.2 Å². The van der Waals surface area contributed by atoms with Crippen LogP contribution in [0.4, 0.5) is 0 Å². The van der Waals surface area contributed by atoms with Gasteiger partial charge in [0.15, 0.2) is 9.84 Å². The lowest BCUT2D eigenvalue weighted by Gasteiger charge is -2.24. The average molecular weight is 288 g/mol. The van der Waals surface area contributed by atoms with E-state index >= 15 is 0 Å². The molecule has 2 heterocycles. The van der Waals surface area contributed by atoms with E-state index in [1.807, 2.05) is 0 Å². The molecular formula is C13H24N2O3S. The fourth-order valence-electron chi connectivity index (χ4n) is 2.86. The third kappa shape index (κ3) is 5.10. The van der Waals surface area contributed by atoms with Gasteiger partial charge >= 0.3 is 0 Å². The Labute approximate surface area is 115 Å². The molecule has 19 heavy (non-hydrogen) atoms. The predicted molar refractivity (Wildman–Crippen MR) is 74.7 cm³/mol. The van der Waals surface area contributed by atoms with Gasteiger partial charge in [0, 0.05) is 6.04 Å². The molecule has 1 amide bonds. The van der Waals surface area contributed by atoms with Crippen LogP contribution in [0.1, 0.15) is 38.5 Å². The quantitative estimate of drug-likeness (QED) is 0.824. The molecule has 2 aliphatic rings. The van der Waals surface area contributed by atoms with E-state index in [1.54, 1.807) is 0 Å². The highest BCUT2D eigenvalue weighted by Gasteiger charge is 2.29. The molecule has 6 heteroatoms. The number of amides is 1. The Morgan fingerprint density at radius 1 is 1.11 bits per heavy atom. The average Bonchev–Trinajstić information content (AvgIpc) is 2.61. The molecule has 0 aromatic heterocycles. The van der Waals surface area contributed by atoms with Gasteiger partial charge in [-0.15, -0.1) is 0 Å². The second-order valence-electron chi connectivity index (χ2n) is 5.71. The number of carbonyl (C=O) groups is 1. The lowest BCUT2D eigenvalue weighted by atomic mass is 10.1. The first-order valence-electron chi connectivity index (χ1n) is 7.27. The Bertz CT molecular complexity index is 400. The van der Waals surface area contributed by atoms with Crippen molar-refractivity contribution in [1.82, 2.24) is 10.2 Å². The van der Waals surface area contributed by atoms with Crippen molar-refractivity contribution in [3.05, 3.63) is 0 Å². The van der Waals surface area contributed by atoms with Crippen LogP contribution in [0, 0.1) is 0 Å². The zero-order valence-corrected chi connectivity index (χ0v) is 12.3. The number of hydrogen-bond donors (Lipinski definition) is 1. The predicted octanol–water partition coefficient (Wildman–Crippen LogP) is 0.556. The molecule has 0 spiro atoms. The molecule has 0 bridgehead atoms. The van der Waals surface area contributed by atoms with Crippen molar-refractivity contribution in [2.75, 3.05) is 31.1 Å². The van der Waals surface area contributed by atoms with Gasteiger partial charge < -0.3 is 5.32 Å². The van der Waals surface area contributed by atoms with Crippen LogP contribution in [-0.4, -0.2) is 56.4 Å². The maximum Gasteiger partial charge on any atom is 0.234 e. The summed E-state index contributed by atoms with van der Waals surface area (Å²) in [7, 11) is -2.91. The fraction of sp³-hybridized carbons (Fsp3) is 0.923. The van der Waals surface area contributed by atoms with Crippen molar-refractivity contribution >= 4 is 15.7 Å². The van der Waals surface area contributed by atoms with Crippen LogP contribution in [0.3, 0.4) is 0 Å². The summed E-state index contributed by atoms with van der Waals surface area (Å²) in [5.41, 5.74) is 0. The van der Waals surface area contributed by atoms with Gasteiger partial charge in [0.2, 0.25) is 5.91 Å². The van der Waals surface area contributed by atoms with Crippen molar-refractivity contribution in [1.29, 1.82) is 0 Å². The van der Waals surface area contributed by atoms with Gasteiger partial charge in [-0.05, 0) is 32.4 Å². The number of hydrogen-bond acceptors (Lipinski definition) is 4. The van der Waals surface area contributed by atoms with Crippen LogP contribution in [0.15, 0.2) is 0 Å². The van der Waals surface area contributed by atoms with Crippen molar-refractivity contribution in [2.24, 2.45) is 0 Å².